The SMILES string of the molecule is CCCCN(CCO)CC(=O)Nc1nc2ccccc2s1. The van der Waals surface area contributed by atoms with Crippen LogP contribution in [-0.4, -0.2) is 47.1 Å². The van der Waals surface area contributed by atoms with Crippen LogP contribution in [0.1, 0.15) is 19.8 Å². The highest BCUT2D eigenvalue weighted by Gasteiger charge is 2.12. The number of unbranched alkanes of at least 4 members (excludes halogenated alkanes) is 1. The summed E-state index contributed by atoms with van der Waals surface area (Å²) in [5.74, 6) is -0.0846. The predicted octanol–water partition coefficient (Wildman–Crippen LogP) is 2.33. The quantitative estimate of drug-likeness (QED) is 0.785. The van der Waals surface area contributed by atoms with E-state index in [1.165, 1.54) is 11.3 Å². The van der Waals surface area contributed by atoms with E-state index < -0.39 is 0 Å². The van der Waals surface area contributed by atoms with E-state index in [9.17, 15) is 4.79 Å². The number of carbonyl (C=O) groups excluding carboxylic acids is 1. The van der Waals surface area contributed by atoms with Crippen molar-refractivity contribution in [2.24, 2.45) is 0 Å². The Morgan fingerprint density at radius 3 is 2.90 bits per heavy atom. The molecule has 1 amide bonds. The fraction of sp³-hybridized carbons (Fsp3) is 0.467. The fourth-order valence-electron chi connectivity index (χ4n) is 2.08. The Hall–Kier alpha value is -1.50. The molecule has 1 aromatic carbocycles. The normalized spacial score (nSPS) is 11.2. The highest BCUT2D eigenvalue weighted by molar-refractivity contribution is 7.22. The molecule has 0 spiro atoms. The average molecular weight is 307 g/mol. The first kappa shape index (κ1) is 15.9. The second-order valence-electron chi connectivity index (χ2n) is 4.89. The molecule has 6 heteroatoms. The van der Waals surface area contributed by atoms with E-state index in [1.807, 2.05) is 29.2 Å². The summed E-state index contributed by atoms with van der Waals surface area (Å²) in [7, 11) is 0. The minimum atomic E-state index is -0.0846. The van der Waals surface area contributed by atoms with Gasteiger partial charge in [-0.2, -0.15) is 0 Å². The number of carbonyl (C=O) groups is 1. The molecular formula is C15H21N3O2S. The van der Waals surface area contributed by atoms with Crippen molar-refractivity contribution in [2.75, 3.05) is 31.6 Å². The lowest BCUT2D eigenvalue weighted by atomic mass is 10.3. The summed E-state index contributed by atoms with van der Waals surface area (Å²) in [6.07, 6.45) is 2.09. The van der Waals surface area contributed by atoms with E-state index in [0.717, 1.165) is 29.6 Å². The van der Waals surface area contributed by atoms with Crippen LogP contribution in [0.4, 0.5) is 5.13 Å². The van der Waals surface area contributed by atoms with Crippen LogP contribution in [0.2, 0.25) is 0 Å². The summed E-state index contributed by atoms with van der Waals surface area (Å²) in [5.41, 5.74) is 0.899. The number of hydrogen-bond acceptors (Lipinski definition) is 5. The molecule has 0 bridgehead atoms. The minimum absolute atomic E-state index is 0.0676. The van der Waals surface area contributed by atoms with Crippen molar-refractivity contribution >= 4 is 32.6 Å². The lowest BCUT2D eigenvalue weighted by Crippen LogP contribution is -2.35. The summed E-state index contributed by atoms with van der Waals surface area (Å²) in [4.78, 5) is 18.4. The number of benzene rings is 1. The number of nitrogens with zero attached hydrogens (tertiary/aromatic N) is 2. The number of anilines is 1. The second kappa shape index (κ2) is 8.07. The van der Waals surface area contributed by atoms with E-state index in [2.05, 4.69) is 17.2 Å². The van der Waals surface area contributed by atoms with Crippen LogP contribution in [0.15, 0.2) is 24.3 Å². The number of nitrogens with one attached hydrogen (secondary N) is 1. The van der Waals surface area contributed by atoms with E-state index in [0.29, 0.717) is 11.7 Å². The van der Waals surface area contributed by atoms with Crippen molar-refractivity contribution in [3.63, 3.8) is 0 Å². The Kier molecular flexibility index (Phi) is 6.10. The summed E-state index contributed by atoms with van der Waals surface area (Å²) in [5, 5.41) is 12.5. The number of para-hydroxylation sites is 1. The van der Waals surface area contributed by atoms with Gasteiger partial charge in [-0.05, 0) is 25.1 Å². The van der Waals surface area contributed by atoms with Gasteiger partial charge in [0.15, 0.2) is 5.13 Å². The summed E-state index contributed by atoms with van der Waals surface area (Å²) in [6, 6.07) is 7.81. The fourth-order valence-corrected chi connectivity index (χ4v) is 2.96. The average Bonchev–Trinajstić information content (AvgIpc) is 2.86. The van der Waals surface area contributed by atoms with Crippen LogP contribution in [0, 0.1) is 0 Å². The number of rotatable bonds is 8. The first-order chi connectivity index (χ1) is 10.2. The number of thiazole rings is 1. The number of aliphatic hydroxyl groups excluding tert-OH is 1. The summed E-state index contributed by atoms with van der Waals surface area (Å²) >= 11 is 1.47. The number of aromatic nitrogens is 1. The Labute approximate surface area is 128 Å². The van der Waals surface area contributed by atoms with Gasteiger partial charge in [0.25, 0.3) is 0 Å². The van der Waals surface area contributed by atoms with Crippen molar-refractivity contribution in [3.8, 4) is 0 Å². The largest absolute Gasteiger partial charge is 0.395 e. The molecule has 2 rings (SSSR count). The zero-order valence-corrected chi connectivity index (χ0v) is 13.0. The highest BCUT2D eigenvalue weighted by Crippen LogP contribution is 2.25. The van der Waals surface area contributed by atoms with Gasteiger partial charge in [0.05, 0.1) is 23.4 Å². The van der Waals surface area contributed by atoms with E-state index in [1.54, 1.807) is 0 Å². The van der Waals surface area contributed by atoms with Crippen molar-refractivity contribution in [3.05, 3.63) is 24.3 Å². The Morgan fingerprint density at radius 1 is 1.38 bits per heavy atom. The van der Waals surface area contributed by atoms with Gasteiger partial charge in [-0.25, -0.2) is 4.98 Å². The maximum Gasteiger partial charge on any atom is 0.240 e. The van der Waals surface area contributed by atoms with Gasteiger partial charge in [0, 0.05) is 6.54 Å². The lowest BCUT2D eigenvalue weighted by molar-refractivity contribution is -0.117. The number of hydrogen-bond donors (Lipinski definition) is 2. The standard InChI is InChI=1S/C15H21N3O2S/c1-2-3-8-18(9-10-19)11-14(20)17-15-16-12-6-4-5-7-13(12)21-15/h4-7,19H,2-3,8-11H2,1H3,(H,16,17,20). The zero-order valence-electron chi connectivity index (χ0n) is 12.2. The van der Waals surface area contributed by atoms with Crippen LogP contribution in [0.25, 0.3) is 10.2 Å². The smallest absolute Gasteiger partial charge is 0.240 e. The van der Waals surface area contributed by atoms with Crippen molar-refractivity contribution in [1.82, 2.24) is 9.88 Å². The Bertz CT molecular complexity index is 552. The summed E-state index contributed by atoms with van der Waals surface area (Å²) in [6.45, 7) is 3.81. The topological polar surface area (TPSA) is 65.5 Å². The predicted molar refractivity (Wildman–Crippen MR) is 86.7 cm³/mol. The van der Waals surface area contributed by atoms with Gasteiger partial charge in [-0.15, -0.1) is 0 Å². The molecule has 1 heterocycles. The molecular weight excluding hydrogens is 286 g/mol. The number of fused-ring (bicyclic) bond motifs is 1. The molecule has 0 fully saturated rings. The zero-order chi connectivity index (χ0) is 15.1. The molecule has 2 aromatic rings. The van der Waals surface area contributed by atoms with Crippen molar-refractivity contribution in [1.29, 1.82) is 0 Å². The molecule has 0 saturated carbocycles. The maximum atomic E-state index is 12.1. The lowest BCUT2D eigenvalue weighted by Gasteiger charge is -2.19. The second-order valence-corrected chi connectivity index (χ2v) is 5.92. The molecule has 2 N–H and O–H groups in total. The van der Waals surface area contributed by atoms with Crippen LogP contribution in [0.5, 0.6) is 0 Å². The third-order valence-corrected chi connectivity index (χ3v) is 4.10. The van der Waals surface area contributed by atoms with Gasteiger partial charge in [0.2, 0.25) is 5.91 Å². The third-order valence-electron chi connectivity index (χ3n) is 3.15. The Morgan fingerprint density at radius 2 is 2.19 bits per heavy atom. The minimum Gasteiger partial charge on any atom is -0.395 e. The van der Waals surface area contributed by atoms with Gasteiger partial charge in [-0.1, -0.05) is 36.8 Å². The van der Waals surface area contributed by atoms with Crippen molar-refractivity contribution in [2.45, 2.75) is 19.8 Å². The highest BCUT2D eigenvalue weighted by atomic mass is 32.1. The van der Waals surface area contributed by atoms with E-state index in [-0.39, 0.29) is 19.1 Å². The van der Waals surface area contributed by atoms with Gasteiger partial charge >= 0.3 is 0 Å². The first-order valence-electron chi connectivity index (χ1n) is 7.21. The molecule has 0 radical (unpaired) electrons. The maximum absolute atomic E-state index is 12.1. The molecule has 0 atom stereocenters. The third kappa shape index (κ3) is 4.77. The number of amides is 1. The molecule has 0 saturated heterocycles. The van der Waals surface area contributed by atoms with Gasteiger partial charge in [0.1, 0.15) is 0 Å². The van der Waals surface area contributed by atoms with Crippen LogP contribution >= 0.6 is 11.3 Å². The van der Waals surface area contributed by atoms with Gasteiger partial charge < -0.3 is 10.4 Å². The molecule has 0 aliphatic carbocycles. The van der Waals surface area contributed by atoms with Crippen LogP contribution in [-0.2, 0) is 4.79 Å². The molecule has 0 aliphatic rings. The number of aliphatic hydroxyl groups is 1. The Balaban J connectivity index is 1.93. The molecule has 5 nitrogen and oxygen atoms in total. The van der Waals surface area contributed by atoms with Crippen LogP contribution < -0.4 is 5.32 Å². The van der Waals surface area contributed by atoms with Gasteiger partial charge in [-0.3, -0.25) is 9.69 Å². The van der Waals surface area contributed by atoms with Crippen LogP contribution in [0.3, 0.4) is 0 Å². The monoisotopic (exact) mass is 307 g/mol. The molecule has 21 heavy (non-hydrogen) atoms. The van der Waals surface area contributed by atoms with E-state index >= 15 is 0 Å². The van der Waals surface area contributed by atoms with Crippen molar-refractivity contribution < 1.29 is 9.90 Å². The summed E-state index contributed by atoms with van der Waals surface area (Å²) < 4.78 is 1.06. The molecule has 114 valence electrons. The molecule has 0 aliphatic heterocycles. The van der Waals surface area contributed by atoms with E-state index in [4.69, 9.17) is 5.11 Å². The molecule has 1 aromatic heterocycles. The molecule has 0 unspecified atom stereocenters. The first-order valence-corrected chi connectivity index (χ1v) is 8.03.